The molecule has 1 amide bonds. The molecule has 0 aliphatic rings. The minimum absolute atomic E-state index is 0.0175. The summed E-state index contributed by atoms with van der Waals surface area (Å²) in [4.78, 5) is 13.0. The van der Waals surface area contributed by atoms with Crippen LogP contribution in [0.4, 0.5) is 0 Å². The maximum absolute atomic E-state index is 11.7. The average Bonchev–Trinajstić information content (AvgIpc) is 2.37. The zero-order valence-electron chi connectivity index (χ0n) is 11.3. The summed E-state index contributed by atoms with van der Waals surface area (Å²) in [5.41, 5.74) is 0. The maximum Gasteiger partial charge on any atom is 0.224 e. The van der Waals surface area contributed by atoms with Crippen LogP contribution in [-0.2, 0) is 4.79 Å². The number of hydrogen-bond acceptors (Lipinski definition) is 3. The van der Waals surface area contributed by atoms with Gasteiger partial charge in [0.2, 0.25) is 5.91 Å². The number of nitrogens with one attached hydrogen (secondary N) is 2. The highest BCUT2D eigenvalue weighted by Crippen LogP contribution is 2.21. The Morgan fingerprint density at radius 3 is 2.50 bits per heavy atom. The van der Waals surface area contributed by atoms with E-state index in [1.807, 2.05) is 32.2 Å². The second kappa shape index (κ2) is 8.16. The Kier molecular flexibility index (Phi) is 6.83. The topological polar surface area (TPSA) is 41.1 Å². The second-order valence-electron chi connectivity index (χ2n) is 4.45. The Morgan fingerprint density at radius 2 is 1.89 bits per heavy atom. The predicted molar refractivity (Wildman–Crippen MR) is 77.9 cm³/mol. The first-order chi connectivity index (χ1) is 8.63. The van der Waals surface area contributed by atoms with E-state index in [4.69, 9.17) is 0 Å². The Morgan fingerprint density at radius 1 is 1.22 bits per heavy atom. The Hall–Kier alpha value is -1.00. The molecule has 0 aliphatic carbocycles. The van der Waals surface area contributed by atoms with Gasteiger partial charge in [-0.05, 0) is 19.2 Å². The van der Waals surface area contributed by atoms with E-state index in [0.717, 1.165) is 0 Å². The molecule has 1 aromatic carbocycles. The van der Waals surface area contributed by atoms with Crippen LogP contribution in [-0.4, -0.2) is 31.3 Å². The van der Waals surface area contributed by atoms with Crippen molar-refractivity contribution >= 4 is 17.7 Å². The lowest BCUT2D eigenvalue weighted by Crippen LogP contribution is -2.37. The molecule has 2 N–H and O–H groups in total. The van der Waals surface area contributed by atoms with Gasteiger partial charge >= 0.3 is 0 Å². The zero-order chi connectivity index (χ0) is 13.4. The summed E-state index contributed by atoms with van der Waals surface area (Å²) in [6, 6.07) is 10.3. The van der Waals surface area contributed by atoms with Crippen molar-refractivity contribution in [3.63, 3.8) is 0 Å². The molecule has 2 atom stereocenters. The first-order valence-electron chi connectivity index (χ1n) is 6.27. The molecule has 0 bridgehead atoms. The third-order valence-electron chi connectivity index (χ3n) is 2.60. The number of amides is 1. The van der Waals surface area contributed by atoms with Crippen molar-refractivity contribution in [2.45, 2.75) is 24.0 Å². The van der Waals surface area contributed by atoms with Crippen molar-refractivity contribution < 1.29 is 4.79 Å². The normalized spacial score (nSPS) is 13.9. The van der Waals surface area contributed by atoms with Crippen molar-refractivity contribution in [1.29, 1.82) is 0 Å². The van der Waals surface area contributed by atoms with E-state index in [9.17, 15) is 4.79 Å². The molecule has 100 valence electrons. The fourth-order valence-corrected chi connectivity index (χ4v) is 2.54. The summed E-state index contributed by atoms with van der Waals surface area (Å²) >= 11 is 1.78. The van der Waals surface area contributed by atoms with Crippen LogP contribution in [0.5, 0.6) is 0 Å². The maximum atomic E-state index is 11.7. The van der Waals surface area contributed by atoms with Gasteiger partial charge in [-0.15, -0.1) is 11.8 Å². The Labute approximate surface area is 114 Å². The van der Waals surface area contributed by atoms with E-state index < -0.39 is 0 Å². The number of hydrogen-bond donors (Lipinski definition) is 2. The fraction of sp³-hybridized carbons (Fsp3) is 0.500. The third kappa shape index (κ3) is 5.56. The SMILES string of the molecule is CNCC(C)C(=O)NCC(C)Sc1ccccc1. The van der Waals surface area contributed by atoms with Crippen LogP contribution in [0.1, 0.15) is 13.8 Å². The zero-order valence-corrected chi connectivity index (χ0v) is 12.1. The van der Waals surface area contributed by atoms with E-state index >= 15 is 0 Å². The van der Waals surface area contributed by atoms with Crippen LogP contribution in [0.25, 0.3) is 0 Å². The summed E-state index contributed by atoms with van der Waals surface area (Å²) in [6.07, 6.45) is 0. The van der Waals surface area contributed by atoms with Gasteiger partial charge in [0.25, 0.3) is 0 Å². The quantitative estimate of drug-likeness (QED) is 0.743. The van der Waals surface area contributed by atoms with Crippen molar-refractivity contribution in [3.8, 4) is 0 Å². The van der Waals surface area contributed by atoms with Gasteiger partial charge in [0.15, 0.2) is 0 Å². The summed E-state index contributed by atoms with van der Waals surface area (Å²) in [5, 5.41) is 6.37. The van der Waals surface area contributed by atoms with E-state index in [-0.39, 0.29) is 11.8 Å². The van der Waals surface area contributed by atoms with Crippen molar-refractivity contribution in [2.24, 2.45) is 5.92 Å². The molecule has 0 aliphatic heterocycles. The standard InChI is InChI=1S/C14H22N2OS/c1-11(9-15-3)14(17)16-10-12(2)18-13-7-5-4-6-8-13/h4-8,11-12,15H,9-10H2,1-3H3,(H,16,17). The molecular formula is C14H22N2OS. The van der Waals surface area contributed by atoms with Crippen LogP contribution < -0.4 is 10.6 Å². The highest BCUT2D eigenvalue weighted by atomic mass is 32.2. The molecule has 0 saturated carbocycles. The monoisotopic (exact) mass is 266 g/mol. The molecule has 18 heavy (non-hydrogen) atoms. The number of carbonyl (C=O) groups is 1. The number of thioether (sulfide) groups is 1. The van der Waals surface area contributed by atoms with Crippen LogP contribution in [0.15, 0.2) is 35.2 Å². The molecule has 1 rings (SSSR count). The second-order valence-corrected chi connectivity index (χ2v) is 5.96. The molecule has 2 unspecified atom stereocenters. The molecule has 0 aromatic heterocycles. The first-order valence-corrected chi connectivity index (χ1v) is 7.15. The lowest BCUT2D eigenvalue weighted by atomic mass is 10.1. The van der Waals surface area contributed by atoms with E-state index in [2.05, 4.69) is 29.7 Å². The average molecular weight is 266 g/mol. The molecule has 0 spiro atoms. The van der Waals surface area contributed by atoms with Crippen molar-refractivity contribution in [2.75, 3.05) is 20.1 Å². The van der Waals surface area contributed by atoms with Gasteiger partial charge < -0.3 is 10.6 Å². The van der Waals surface area contributed by atoms with Gasteiger partial charge in [-0.25, -0.2) is 0 Å². The molecule has 0 heterocycles. The van der Waals surface area contributed by atoms with Crippen LogP contribution in [0.2, 0.25) is 0 Å². The fourth-order valence-electron chi connectivity index (χ4n) is 1.59. The lowest BCUT2D eigenvalue weighted by molar-refractivity contribution is -0.124. The smallest absolute Gasteiger partial charge is 0.224 e. The van der Waals surface area contributed by atoms with Gasteiger partial charge in [0.05, 0.1) is 0 Å². The van der Waals surface area contributed by atoms with Crippen LogP contribution in [0, 0.1) is 5.92 Å². The number of rotatable bonds is 7. The highest BCUT2D eigenvalue weighted by Gasteiger charge is 2.12. The van der Waals surface area contributed by atoms with Gasteiger partial charge in [-0.1, -0.05) is 32.0 Å². The number of carbonyl (C=O) groups excluding carboxylic acids is 1. The highest BCUT2D eigenvalue weighted by molar-refractivity contribution is 8.00. The van der Waals surface area contributed by atoms with Crippen LogP contribution in [0.3, 0.4) is 0 Å². The minimum Gasteiger partial charge on any atom is -0.355 e. The first kappa shape index (κ1) is 15.1. The van der Waals surface area contributed by atoms with Gasteiger partial charge in [-0.3, -0.25) is 4.79 Å². The molecule has 0 radical (unpaired) electrons. The minimum atomic E-state index is 0.0175. The molecule has 4 heteroatoms. The Bertz CT molecular complexity index is 356. The summed E-state index contributed by atoms with van der Waals surface area (Å²) in [6.45, 7) is 5.47. The summed E-state index contributed by atoms with van der Waals surface area (Å²) in [7, 11) is 1.86. The molecular weight excluding hydrogens is 244 g/mol. The number of benzene rings is 1. The van der Waals surface area contributed by atoms with Gasteiger partial charge in [0, 0.05) is 29.2 Å². The van der Waals surface area contributed by atoms with Gasteiger partial charge in [-0.2, -0.15) is 0 Å². The molecule has 0 saturated heterocycles. The molecule has 0 fully saturated rings. The van der Waals surface area contributed by atoms with E-state index in [1.54, 1.807) is 11.8 Å². The molecule has 3 nitrogen and oxygen atoms in total. The van der Waals surface area contributed by atoms with Crippen LogP contribution >= 0.6 is 11.8 Å². The predicted octanol–water partition coefficient (Wildman–Crippen LogP) is 2.14. The summed E-state index contributed by atoms with van der Waals surface area (Å²) in [5.74, 6) is 0.133. The Balaban J connectivity index is 2.29. The van der Waals surface area contributed by atoms with Crippen molar-refractivity contribution in [1.82, 2.24) is 10.6 Å². The molecule has 1 aromatic rings. The van der Waals surface area contributed by atoms with E-state index in [1.165, 1.54) is 4.90 Å². The third-order valence-corrected chi connectivity index (χ3v) is 3.72. The van der Waals surface area contributed by atoms with Gasteiger partial charge in [0.1, 0.15) is 0 Å². The summed E-state index contributed by atoms with van der Waals surface area (Å²) < 4.78 is 0. The van der Waals surface area contributed by atoms with E-state index in [0.29, 0.717) is 18.3 Å². The lowest BCUT2D eigenvalue weighted by Gasteiger charge is -2.15. The van der Waals surface area contributed by atoms with Crippen molar-refractivity contribution in [3.05, 3.63) is 30.3 Å². The largest absolute Gasteiger partial charge is 0.355 e.